The van der Waals surface area contributed by atoms with E-state index in [-0.39, 0.29) is 0 Å². The van der Waals surface area contributed by atoms with E-state index in [1.165, 1.54) is 43.5 Å². The van der Waals surface area contributed by atoms with E-state index < -0.39 is 8.07 Å². The Labute approximate surface area is 301 Å². The molecule has 52 heavy (non-hydrogen) atoms. The number of rotatable bonds is 3. The van der Waals surface area contributed by atoms with Crippen LogP contribution in [0.4, 0.5) is 34.1 Å². The molecule has 6 aromatic carbocycles. The Hall–Kier alpha value is -6.83. The van der Waals surface area contributed by atoms with Crippen LogP contribution in [0.1, 0.15) is 0 Å². The fourth-order valence-electron chi connectivity index (χ4n) is 8.79. The molecule has 0 unspecified atom stereocenters. The van der Waals surface area contributed by atoms with Gasteiger partial charge in [-0.3, -0.25) is 9.55 Å². The van der Waals surface area contributed by atoms with Gasteiger partial charge in [0.2, 0.25) is 5.95 Å². The average Bonchev–Trinajstić information content (AvgIpc) is 3.55. The van der Waals surface area contributed by atoms with Crippen molar-refractivity contribution in [2.45, 2.75) is 0 Å². The third-order valence-electron chi connectivity index (χ3n) is 10.7. The first-order valence-electron chi connectivity index (χ1n) is 17.5. The minimum atomic E-state index is -2.86. The maximum atomic E-state index is 4.89. The third kappa shape index (κ3) is 3.85. The number of fused-ring (bicyclic) bond motifs is 11. The first kappa shape index (κ1) is 29.0. The van der Waals surface area contributed by atoms with E-state index in [9.17, 15) is 0 Å². The summed E-state index contributed by atoms with van der Waals surface area (Å²) < 4.78 is 2.11. The van der Waals surface area contributed by atoms with Gasteiger partial charge in [0.05, 0.1) is 16.6 Å². The molecule has 0 atom stereocenters. The zero-order valence-corrected chi connectivity index (χ0v) is 29.0. The van der Waals surface area contributed by atoms with Crippen LogP contribution in [-0.2, 0) is 0 Å². The highest BCUT2D eigenvalue weighted by Crippen LogP contribution is 2.44. The maximum Gasteiger partial charge on any atom is 0.234 e. The number of nitrogens with zero attached hydrogens (tertiary/aromatic N) is 6. The van der Waals surface area contributed by atoms with Crippen LogP contribution in [0.15, 0.2) is 182 Å². The first-order chi connectivity index (χ1) is 25.8. The van der Waals surface area contributed by atoms with E-state index in [2.05, 4.69) is 176 Å². The van der Waals surface area contributed by atoms with Crippen LogP contribution < -0.4 is 30.5 Å². The molecular formula is C45H30N6Si. The topological polar surface area (TPSA) is 50.1 Å². The van der Waals surface area contributed by atoms with E-state index in [1.807, 2.05) is 18.3 Å². The largest absolute Gasteiger partial charge is 0.311 e. The lowest BCUT2D eigenvalue weighted by molar-refractivity contribution is 0.987. The summed E-state index contributed by atoms with van der Waals surface area (Å²) in [6, 6.07) is 59.7. The minimum Gasteiger partial charge on any atom is -0.311 e. The van der Waals surface area contributed by atoms with Gasteiger partial charge in [-0.2, -0.15) is 0 Å². The van der Waals surface area contributed by atoms with E-state index in [1.54, 1.807) is 12.4 Å². The van der Waals surface area contributed by atoms with Gasteiger partial charge in [0.25, 0.3) is 0 Å². The molecule has 0 saturated carbocycles. The fourth-order valence-corrected chi connectivity index (χ4v) is 14.2. The zero-order chi connectivity index (χ0) is 34.2. The zero-order valence-electron chi connectivity index (χ0n) is 28.0. The molecule has 244 valence electrons. The van der Waals surface area contributed by atoms with Gasteiger partial charge in [-0.05, 0) is 93.5 Å². The molecule has 2 aliphatic rings. The van der Waals surface area contributed by atoms with Crippen molar-refractivity contribution in [2.75, 3.05) is 9.80 Å². The van der Waals surface area contributed by atoms with Crippen molar-refractivity contribution in [3.8, 4) is 5.95 Å². The second-order valence-electron chi connectivity index (χ2n) is 13.3. The monoisotopic (exact) mass is 682 g/mol. The van der Waals surface area contributed by atoms with Crippen LogP contribution in [0.3, 0.4) is 0 Å². The van der Waals surface area contributed by atoms with Gasteiger partial charge < -0.3 is 9.80 Å². The summed E-state index contributed by atoms with van der Waals surface area (Å²) in [5, 5.41) is 6.59. The average molecular weight is 683 g/mol. The van der Waals surface area contributed by atoms with Gasteiger partial charge >= 0.3 is 0 Å². The molecule has 0 radical (unpaired) electrons. The van der Waals surface area contributed by atoms with Crippen molar-refractivity contribution in [3.63, 3.8) is 0 Å². The van der Waals surface area contributed by atoms with Gasteiger partial charge in [-0.1, -0.05) is 91.0 Å². The highest BCUT2D eigenvalue weighted by Gasteiger charge is 2.53. The molecule has 0 amide bonds. The summed E-state index contributed by atoms with van der Waals surface area (Å²) in [6.07, 6.45) is 5.43. The molecule has 3 aromatic heterocycles. The standard InChI is InChI=1S/C45H30N6Si/c1-2-14-31(15-3-1)49-35-16-4-8-21-40(35)52(41-22-9-5-17-36(41)49)42-23-10-6-18-37(42)50(38-19-7-11-24-43(38)52)32-25-26-34-33(30-32)44-39(20-12-27-46-44)51(34)45-47-28-13-29-48-45/h1-30H. The van der Waals surface area contributed by atoms with Crippen LogP contribution in [0.25, 0.3) is 27.9 Å². The molecule has 11 rings (SSSR count). The molecule has 0 saturated heterocycles. The Morgan fingerprint density at radius 1 is 0.385 bits per heavy atom. The van der Waals surface area contributed by atoms with E-state index >= 15 is 0 Å². The molecular weight excluding hydrogens is 653 g/mol. The Morgan fingerprint density at radius 3 is 1.46 bits per heavy atom. The van der Waals surface area contributed by atoms with Crippen molar-refractivity contribution in [2.24, 2.45) is 0 Å². The molecule has 0 aliphatic carbocycles. The number of benzene rings is 6. The predicted octanol–water partition coefficient (Wildman–Crippen LogP) is 7.91. The second-order valence-corrected chi connectivity index (χ2v) is 16.9. The lowest BCUT2D eigenvalue weighted by Gasteiger charge is -2.50. The van der Waals surface area contributed by atoms with Crippen LogP contribution in [0.2, 0.25) is 0 Å². The van der Waals surface area contributed by atoms with Gasteiger partial charge in [0.15, 0.2) is 8.07 Å². The highest BCUT2D eigenvalue weighted by molar-refractivity contribution is 7.23. The molecule has 1 spiro atoms. The van der Waals surface area contributed by atoms with Crippen molar-refractivity contribution in [1.82, 2.24) is 19.5 Å². The number of aromatic nitrogens is 4. The Kier molecular flexibility index (Phi) is 6.17. The molecule has 0 N–H and O–H groups in total. The second kappa shape index (κ2) is 11.1. The van der Waals surface area contributed by atoms with Crippen LogP contribution >= 0.6 is 0 Å². The smallest absolute Gasteiger partial charge is 0.234 e. The summed E-state index contributed by atoms with van der Waals surface area (Å²) in [4.78, 5) is 19.0. The first-order valence-corrected chi connectivity index (χ1v) is 19.5. The van der Waals surface area contributed by atoms with E-state index in [0.717, 1.165) is 33.3 Å². The maximum absolute atomic E-state index is 4.89. The normalized spacial score (nSPS) is 13.8. The van der Waals surface area contributed by atoms with Gasteiger partial charge in [0, 0.05) is 58.1 Å². The minimum absolute atomic E-state index is 0.629. The Morgan fingerprint density at radius 2 is 0.885 bits per heavy atom. The van der Waals surface area contributed by atoms with E-state index in [0.29, 0.717) is 5.95 Å². The molecule has 9 aromatic rings. The van der Waals surface area contributed by atoms with Crippen LogP contribution in [-0.4, -0.2) is 27.6 Å². The van der Waals surface area contributed by atoms with Crippen LogP contribution in [0, 0.1) is 0 Å². The van der Waals surface area contributed by atoms with Gasteiger partial charge in [-0.25, -0.2) is 9.97 Å². The predicted molar refractivity (Wildman–Crippen MR) is 214 cm³/mol. The van der Waals surface area contributed by atoms with Crippen molar-refractivity contribution in [1.29, 1.82) is 0 Å². The molecule has 6 nitrogen and oxygen atoms in total. The summed E-state index contributed by atoms with van der Waals surface area (Å²) >= 11 is 0. The quantitative estimate of drug-likeness (QED) is 0.177. The summed E-state index contributed by atoms with van der Waals surface area (Å²) in [7, 11) is -2.86. The van der Waals surface area contributed by atoms with Crippen molar-refractivity contribution in [3.05, 3.63) is 182 Å². The number of hydrogen-bond donors (Lipinski definition) is 0. The summed E-state index contributed by atoms with van der Waals surface area (Å²) in [5.41, 5.74) is 10.0. The van der Waals surface area contributed by atoms with E-state index in [4.69, 9.17) is 4.98 Å². The lowest BCUT2D eigenvalue weighted by Crippen LogP contribution is -2.79. The fraction of sp³-hybridized carbons (Fsp3) is 0. The molecule has 5 heterocycles. The number of anilines is 6. The third-order valence-corrected chi connectivity index (χ3v) is 15.6. The lowest BCUT2D eigenvalue weighted by atomic mass is 10.1. The molecule has 7 heteroatoms. The summed E-state index contributed by atoms with van der Waals surface area (Å²) in [5.74, 6) is 0.629. The van der Waals surface area contributed by atoms with Crippen molar-refractivity contribution >= 4 is 84.9 Å². The van der Waals surface area contributed by atoms with Gasteiger partial charge in [-0.15, -0.1) is 0 Å². The number of pyridine rings is 1. The molecule has 0 fully saturated rings. The highest BCUT2D eigenvalue weighted by atomic mass is 28.3. The number of para-hydroxylation sites is 5. The molecule has 0 bridgehead atoms. The van der Waals surface area contributed by atoms with Crippen LogP contribution in [0.5, 0.6) is 0 Å². The molecule has 2 aliphatic heterocycles. The van der Waals surface area contributed by atoms with Gasteiger partial charge in [0.1, 0.15) is 0 Å². The Balaban J connectivity index is 1.20. The number of hydrogen-bond acceptors (Lipinski definition) is 5. The van der Waals surface area contributed by atoms with Crippen molar-refractivity contribution < 1.29 is 0 Å². The SMILES string of the molecule is c1ccc(N2c3ccccc3[Si]3(c4ccccc42)c2ccccc2N(c2ccc4c(c2)c2ncccc2n4-c2ncccn2)c2ccccc23)cc1. The summed E-state index contributed by atoms with van der Waals surface area (Å²) in [6.45, 7) is 0. The Bertz CT molecular complexity index is 2740.